The molecule has 0 saturated carbocycles. The number of hydrogen-bond donors (Lipinski definition) is 2. The lowest BCUT2D eigenvalue weighted by molar-refractivity contribution is 0.359. The van der Waals surface area contributed by atoms with Crippen molar-refractivity contribution in [3.63, 3.8) is 0 Å². The fourth-order valence-corrected chi connectivity index (χ4v) is 3.65. The van der Waals surface area contributed by atoms with E-state index in [1.54, 1.807) is 0 Å². The van der Waals surface area contributed by atoms with Gasteiger partial charge < -0.3 is 11.1 Å². The maximum atomic E-state index is 13.2. The normalized spacial score (nSPS) is 17.9. The zero-order valence-electron chi connectivity index (χ0n) is 9.89. The lowest BCUT2D eigenvalue weighted by Crippen LogP contribution is -2.46. The SMILES string of the molecule is NCc1ccc(F)cc1S(=O)(=O)N1CCNCC1. The number of nitrogens with zero attached hydrogens (tertiary/aromatic N) is 1. The molecule has 0 amide bonds. The summed E-state index contributed by atoms with van der Waals surface area (Å²) in [5.41, 5.74) is 5.95. The average molecular weight is 273 g/mol. The first kappa shape index (κ1) is 13.4. The van der Waals surface area contributed by atoms with Gasteiger partial charge in [-0.15, -0.1) is 0 Å². The standard InChI is InChI=1S/C11H16FN3O2S/c12-10-2-1-9(8-13)11(7-10)18(16,17)15-5-3-14-4-6-15/h1-2,7,14H,3-6,8,13H2. The lowest BCUT2D eigenvalue weighted by Gasteiger charge is -2.27. The maximum absolute atomic E-state index is 13.2. The van der Waals surface area contributed by atoms with Gasteiger partial charge in [0.15, 0.2) is 0 Å². The number of piperazine rings is 1. The van der Waals surface area contributed by atoms with E-state index in [1.807, 2.05) is 0 Å². The lowest BCUT2D eigenvalue weighted by atomic mass is 10.2. The van der Waals surface area contributed by atoms with Crippen LogP contribution < -0.4 is 11.1 Å². The molecule has 100 valence electrons. The molecule has 1 saturated heterocycles. The van der Waals surface area contributed by atoms with Crippen molar-refractivity contribution < 1.29 is 12.8 Å². The summed E-state index contributed by atoms with van der Waals surface area (Å²) in [6.45, 7) is 2.06. The molecule has 0 radical (unpaired) electrons. The first-order valence-electron chi connectivity index (χ1n) is 5.75. The summed E-state index contributed by atoms with van der Waals surface area (Å²) in [5, 5.41) is 3.07. The molecule has 0 aromatic heterocycles. The third-order valence-corrected chi connectivity index (χ3v) is 4.92. The Labute approximate surface area is 106 Å². The highest BCUT2D eigenvalue weighted by Gasteiger charge is 2.28. The van der Waals surface area contributed by atoms with Crippen LogP contribution in [0.2, 0.25) is 0 Å². The van der Waals surface area contributed by atoms with Gasteiger partial charge >= 0.3 is 0 Å². The highest BCUT2D eigenvalue weighted by molar-refractivity contribution is 7.89. The molecule has 3 N–H and O–H groups in total. The topological polar surface area (TPSA) is 75.4 Å². The Hall–Kier alpha value is -1.02. The van der Waals surface area contributed by atoms with Gasteiger partial charge in [0.25, 0.3) is 0 Å². The number of rotatable bonds is 3. The van der Waals surface area contributed by atoms with Crippen molar-refractivity contribution in [2.24, 2.45) is 5.73 Å². The molecule has 1 heterocycles. The van der Waals surface area contributed by atoms with E-state index in [9.17, 15) is 12.8 Å². The molecule has 5 nitrogen and oxygen atoms in total. The van der Waals surface area contributed by atoms with Gasteiger partial charge in [-0.3, -0.25) is 0 Å². The minimum absolute atomic E-state index is 0.0214. The molecule has 0 unspecified atom stereocenters. The third-order valence-electron chi connectivity index (χ3n) is 2.94. The van der Waals surface area contributed by atoms with Crippen LogP contribution in [0.15, 0.2) is 23.1 Å². The van der Waals surface area contributed by atoms with E-state index in [0.717, 1.165) is 6.07 Å². The molecule has 2 rings (SSSR count). The molecule has 1 aromatic rings. The van der Waals surface area contributed by atoms with Crippen LogP contribution in [0.1, 0.15) is 5.56 Å². The number of hydrogen-bond acceptors (Lipinski definition) is 4. The van der Waals surface area contributed by atoms with Gasteiger partial charge in [-0.25, -0.2) is 12.8 Å². The number of halogens is 1. The van der Waals surface area contributed by atoms with Gasteiger partial charge in [0.2, 0.25) is 10.0 Å². The second-order valence-corrected chi connectivity index (χ2v) is 6.02. The van der Waals surface area contributed by atoms with Gasteiger partial charge in [-0.05, 0) is 17.7 Å². The quantitative estimate of drug-likeness (QED) is 0.805. The fraction of sp³-hybridized carbons (Fsp3) is 0.455. The Morgan fingerprint density at radius 3 is 2.61 bits per heavy atom. The van der Waals surface area contributed by atoms with E-state index >= 15 is 0 Å². The first-order valence-corrected chi connectivity index (χ1v) is 7.19. The Kier molecular flexibility index (Phi) is 3.96. The van der Waals surface area contributed by atoms with Gasteiger partial charge in [0.05, 0.1) is 4.90 Å². The average Bonchev–Trinajstić information content (AvgIpc) is 2.39. The van der Waals surface area contributed by atoms with E-state index in [0.29, 0.717) is 31.7 Å². The molecule has 0 atom stereocenters. The predicted octanol–water partition coefficient (Wildman–Crippen LogP) is -0.122. The molecule has 1 aromatic carbocycles. The first-order chi connectivity index (χ1) is 8.55. The smallest absolute Gasteiger partial charge is 0.243 e. The minimum Gasteiger partial charge on any atom is -0.326 e. The molecule has 1 aliphatic heterocycles. The van der Waals surface area contributed by atoms with Gasteiger partial charge in [-0.2, -0.15) is 4.31 Å². The Bertz CT molecular complexity index is 527. The summed E-state index contributed by atoms with van der Waals surface area (Å²) in [6, 6.07) is 3.68. The van der Waals surface area contributed by atoms with Crippen molar-refractivity contribution in [3.05, 3.63) is 29.6 Å². The summed E-state index contributed by atoms with van der Waals surface area (Å²) < 4.78 is 39.4. The van der Waals surface area contributed by atoms with E-state index < -0.39 is 15.8 Å². The summed E-state index contributed by atoms with van der Waals surface area (Å²) in [5.74, 6) is -0.569. The summed E-state index contributed by atoms with van der Waals surface area (Å²) >= 11 is 0. The van der Waals surface area contributed by atoms with Crippen molar-refractivity contribution >= 4 is 10.0 Å². The van der Waals surface area contributed by atoms with Crippen LogP contribution in [0.3, 0.4) is 0 Å². The number of nitrogens with two attached hydrogens (primary N) is 1. The summed E-state index contributed by atoms with van der Waals surface area (Å²) in [6.07, 6.45) is 0. The Balaban J connectivity index is 2.42. The third kappa shape index (κ3) is 2.54. The summed E-state index contributed by atoms with van der Waals surface area (Å²) in [4.78, 5) is -0.0214. The summed E-state index contributed by atoms with van der Waals surface area (Å²) in [7, 11) is -3.65. The van der Waals surface area contributed by atoms with E-state index in [4.69, 9.17) is 5.73 Å². The molecular weight excluding hydrogens is 257 g/mol. The van der Waals surface area contributed by atoms with Crippen LogP contribution in [-0.4, -0.2) is 38.9 Å². The largest absolute Gasteiger partial charge is 0.326 e. The van der Waals surface area contributed by atoms with E-state index in [-0.39, 0.29) is 11.4 Å². The van der Waals surface area contributed by atoms with Gasteiger partial charge in [0.1, 0.15) is 5.82 Å². The molecule has 1 aliphatic rings. The fourth-order valence-electron chi connectivity index (χ4n) is 1.96. The maximum Gasteiger partial charge on any atom is 0.243 e. The Morgan fingerprint density at radius 2 is 2.00 bits per heavy atom. The van der Waals surface area contributed by atoms with Gasteiger partial charge in [-0.1, -0.05) is 6.07 Å². The number of benzene rings is 1. The van der Waals surface area contributed by atoms with Crippen molar-refractivity contribution in [1.29, 1.82) is 0 Å². The van der Waals surface area contributed by atoms with Crippen LogP contribution in [0.5, 0.6) is 0 Å². The molecular formula is C11H16FN3O2S. The zero-order valence-corrected chi connectivity index (χ0v) is 10.7. The van der Waals surface area contributed by atoms with Crippen LogP contribution in [-0.2, 0) is 16.6 Å². The van der Waals surface area contributed by atoms with Gasteiger partial charge in [0, 0.05) is 32.7 Å². The monoisotopic (exact) mass is 273 g/mol. The van der Waals surface area contributed by atoms with Crippen molar-refractivity contribution in [3.8, 4) is 0 Å². The molecule has 7 heteroatoms. The molecule has 0 aliphatic carbocycles. The van der Waals surface area contributed by atoms with E-state index in [2.05, 4.69) is 5.32 Å². The highest BCUT2D eigenvalue weighted by Crippen LogP contribution is 2.21. The Morgan fingerprint density at radius 1 is 1.33 bits per heavy atom. The van der Waals surface area contributed by atoms with Crippen molar-refractivity contribution in [2.75, 3.05) is 26.2 Å². The number of nitrogens with one attached hydrogen (secondary N) is 1. The minimum atomic E-state index is -3.65. The molecule has 0 bridgehead atoms. The van der Waals surface area contributed by atoms with Crippen LogP contribution >= 0.6 is 0 Å². The highest BCUT2D eigenvalue weighted by atomic mass is 32.2. The second kappa shape index (κ2) is 5.31. The van der Waals surface area contributed by atoms with Crippen molar-refractivity contribution in [2.45, 2.75) is 11.4 Å². The second-order valence-electron chi connectivity index (χ2n) is 4.11. The van der Waals surface area contributed by atoms with Crippen LogP contribution in [0, 0.1) is 5.82 Å². The van der Waals surface area contributed by atoms with Crippen LogP contribution in [0.25, 0.3) is 0 Å². The number of sulfonamides is 1. The molecule has 18 heavy (non-hydrogen) atoms. The zero-order chi connectivity index (χ0) is 13.2. The van der Waals surface area contributed by atoms with E-state index in [1.165, 1.54) is 16.4 Å². The molecule has 1 fully saturated rings. The van der Waals surface area contributed by atoms with Crippen LogP contribution in [0.4, 0.5) is 4.39 Å². The van der Waals surface area contributed by atoms with Crippen molar-refractivity contribution in [1.82, 2.24) is 9.62 Å². The molecule has 0 spiro atoms. The predicted molar refractivity (Wildman–Crippen MR) is 65.9 cm³/mol.